The fourth-order valence-corrected chi connectivity index (χ4v) is 4.86. The first-order valence-electron chi connectivity index (χ1n) is 12.7. The molecule has 0 saturated carbocycles. The minimum absolute atomic E-state index is 0.267. The van der Waals surface area contributed by atoms with E-state index < -0.39 is 20.9 Å². The third-order valence-corrected chi connectivity index (χ3v) is 7.24. The van der Waals surface area contributed by atoms with Crippen LogP contribution in [0.15, 0.2) is 77.7 Å². The maximum Gasteiger partial charge on any atom is 0.313 e. The molecule has 0 aromatic heterocycles. The van der Waals surface area contributed by atoms with Gasteiger partial charge in [0, 0.05) is 0 Å². The Labute approximate surface area is 216 Å². The van der Waals surface area contributed by atoms with Crippen LogP contribution in [0.3, 0.4) is 0 Å². The van der Waals surface area contributed by atoms with Crippen LogP contribution in [0, 0.1) is 0 Å². The van der Waals surface area contributed by atoms with E-state index >= 15 is 0 Å². The molecular formula is C29H35F5O2S. The van der Waals surface area contributed by atoms with Crippen molar-refractivity contribution in [3.05, 3.63) is 78.4 Å². The highest BCUT2D eigenvalue weighted by molar-refractivity contribution is 8.45. The van der Waals surface area contributed by atoms with E-state index in [-0.39, 0.29) is 6.61 Å². The zero-order valence-corrected chi connectivity index (χ0v) is 21.9. The molecule has 0 radical (unpaired) electrons. The lowest BCUT2D eigenvalue weighted by atomic mass is 10.0. The molecule has 0 bridgehead atoms. The van der Waals surface area contributed by atoms with Crippen LogP contribution in [0.4, 0.5) is 19.4 Å². The summed E-state index contributed by atoms with van der Waals surface area (Å²) in [5, 5.41) is 0. The van der Waals surface area contributed by atoms with Gasteiger partial charge >= 0.3 is 10.2 Å². The van der Waals surface area contributed by atoms with Crippen molar-refractivity contribution in [3.8, 4) is 22.6 Å². The summed E-state index contributed by atoms with van der Waals surface area (Å²) in [5.74, 6) is -0.0763. The Hall–Kier alpha value is -2.74. The number of rotatable bonds is 15. The quantitative estimate of drug-likeness (QED) is 0.140. The van der Waals surface area contributed by atoms with E-state index in [4.69, 9.17) is 9.47 Å². The number of benzene rings is 3. The van der Waals surface area contributed by atoms with Crippen molar-refractivity contribution >= 4 is 10.2 Å². The predicted octanol–water partition coefficient (Wildman–Crippen LogP) is 11.1. The molecule has 204 valence electrons. The van der Waals surface area contributed by atoms with Gasteiger partial charge in [-0.25, -0.2) is 0 Å². The Morgan fingerprint density at radius 2 is 1.14 bits per heavy atom. The third-order valence-electron chi connectivity index (χ3n) is 6.07. The van der Waals surface area contributed by atoms with Crippen molar-refractivity contribution in [3.63, 3.8) is 0 Å². The molecule has 37 heavy (non-hydrogen) atoms. The second kappa shape index (κ2) is 11.8. The first-order chi connectivity index (χ1) is 17.5. The first kappa shape index (κ1) is 28.8. The number of hydrogen-bond donors (Lipinski definition) is 0. The number of hydrogen-bond acceptors (Lipinski definition) is 2. The maximum absolute atomic E-state index is 13.3. The average molecular weight is 543 g/mol. The summed E-state index contributed by atoms with van der Waals surface area (Å²) in [6, 6.07) is 18.1. The van der Waals surface area contributed by atoms with Crippen LogP contribution in [-0.4, -0.2) is 6.61 Å². The van der Waals surface area contributed by atoms with E-state index in [1.165, 1.54) is 51.0 Å². The van der Waals surface area contributed by atoms with Gasteiger partial charge < -0.3 is 9.47 Å². The third kappa shape index (κ3) is 9.58. The smallest absolute Gasteiger partial charge is 0.313 e. The van der Waals surface area contributed by atoms with Gasteiger partial charge in [-0.3, -0.25) is 0 Å². The molecule has 8 heteroatoms. The molecule has 0 heterocycles. The molecule has 3 rings (SSSR count). The van der Waals surface area contributed by atoms with E-state index in [9.17, 15) is 19.4 Å². The minimum Gasteiger partial charge on any atom is -0.494 e. The van der Waals surface area contributed by atoms with E-state index in [1.807, 2.05) is 36.4 Å². The molecule has 3 aromatic rings. The van der Waals surface area contributed by atoms with Gasteiger partial charge in [0.2, 0.25) is 0 Å². The number of halogens is 5. The van der Waals surface area contributed by atoms with E-state index in [0.717, 1.165) is 35.4 Å². The minimum atomic E-state index is -9.85. The van der Waals surface area contributed by atoms with Crippen molar-refractivity contribution in [2.45, 2.75) is 69.8 Å². The lowest BCUT2D eigenvalue weighted by molar-refractivity contribution is 0.286. The van der Waals surface area contributed by atoms with E-state index in [2.05, 4.69) is 6.92 Å². The monoisotopic (exact) mass is 542 g/mol. The van der Waals surface area contributed by atoms with Crippen molar-refractivity contribution < 1.29 is 28.9 Å². The zero-order chi connectivity index (χ0) is 26.8. The van der Waals surface area contributed by atoms with Gasteiger partial charge in [-0.15, -0.1) is 0 Å². The maximum atomic E-state index is 13.3. The van der Waals surface area contributed by atoms with Gasteiger partial charge in [0.15, 0.2) is 0 Å². The molecule has 0 unspecified atom stereocenters. The predicted molar refractivity (Wildman–Crippen MR) is 142 cm³/mol. The van der Waals surface area contributed by atoms with Gasteiger partial charge in [0.1, 0.15) is 23.0 Å². The number of para-hydroxylation sites is 1. The highest BCUT2D eigenvalue weighted by Gasteiger charge is 2.67. The van der Waals surface area contributed by atoms with Crippen molar-refractivity contribution in [1.29, 1.82) is 0 Å². The zero-order valence-electron chi connectivity index (χ0n) is 21.1. The summed E-state index contributed by atoms with van der Waals surface area (Å²) >= 11 is 0. The molecule has 0 atom stereocenters. The normalized spacial score (nSPS) is 13.6. The summed E-state index contributed by atoms with van der Waals surface area (Å²) in [5.41, 5.74) is 2.43. The van der Waals surface area contributed by atoms with Crippen LogP contribution in [0.1, 0.15) is 63.9 Å². The molecule has 2 nitrogen and oxygen atoms in total. The summed E-state index contributed by atoms with van der Waals surface area (Å²) in [6.07, 6.45) is 9.97. The summed E-state index contributed by atoms with van der Waals surface area (Å²) in [4.78, 5) is -2.01. The molecular weight excluding hydrogens is 507 g/mol. The van der Waals surface area contributed by atoms with Crippen LogP contribution in [0.5, 0.6) is 11.5 Å². The van der Waals surface area contributed by atoms with Gasteiger partial charge in [0.25, 0.3) is 0 Å². The molecule has 3 aromatic carbocycles. The van der Waals surface area contributed by atoms with E-state index in [0.29, 0.717) is 18.2 Å². The van der Waals surface area contributed by atoms with Crippen LogP contribution < -0.4 is 9.47 Å². The summed E-state index contributed by atoms with van der Waals surface area (Å²) in [7, 11) is -9.85. The van der Waals surface area contributed by atoms with Gasteiger partial charge in [0.05, 0.1) is 6.61 Å². The van der Waals surface area contributed by atoms with Crippen molar-refractivity contribution in [1.82, 2.24) is 0 Å². The first-order valence-corrected chi connectivity index (χ1v) is 14.7. The van der Waals surface area contributed by atoms with E-state index in [1.54, 1.807) is 12.1 Å². The SMILES string of the molecule is CCCCCCCCCCOc1ccc(-c2ccc(COc3ccccc3S(F)(F)(F)(F)F)cc2)cc1. The Morgan fingerprint density at radius 3 is 1.73 bits per heavy atom. The second-order valence-corrected chi connectivity index (χ2v) is 11.6. The standard InChI is InChI=1S/C29H35F5O2S/c1-2-3-4-5-6-7-8-11-22-35-27-20-18-26(19-21-27)25-16-14-24(15-17-25)23-36-28-12-9-10-13-29(28)37(30,31,32,33)34/h9-10,12-21H,2-8,11,22-23H2,1H3. The summed E-state index contributed by atoms with van der Waals surface area (Å²) in [6.45, 7) is 2.64. The van der Waals surface area contributed by atoms with Crippen LogP contribution in [0.2, 0.25) is 0 Å². The lowest BCUT2D eigenvalue weighted by Gasteiger charge is -2.41. The Balaban J connectivity index is 1.47. The van der Waals surface area contributed by atoms with Crippen LogP contribution in [0.25, 0.3) is 11.1 Å². The van der Waals surface area contributed by atoms with Gasteiger partial charge in [-0.1, -0.05) is 120 Å². The molecule has 0 amide bonds. The molecule has 0 aliphatic heterocycles. The molecule has 0 aliphatic carbocycles. The molecule has 0 saturated heterocycles. The molecule has 0 N–H and O–H groups in total. The fourth-order valence-electron chi connectivity index (χ4n) is 4.01. The highest BCUT2D eigenvalue weighted by Crippen LogP contribution is 3.03. The van der Waals surface area contributed by atoms with Crippen molar-refractivity contribution in [2.24, 2.45) is 0 Å². The topological polar surface area (TPSA) is 18.5 Å². The molecule has 0 aliphatic rings. The second-order valence-electron chi connectivity index (χ2n) is 9.25. The Bertz CT molecular complexity index is 1110. The van der Waals surface area contributed by atoms with Crippen LogP contribution in [-0.2, 0) is 6.61 Å². The average Bonchev–Trinajstić information content (AvgIpc) is 2.86. The van der Waals surface area contributed by atoms with Crippen LogP contribution >= 0.6 is 10.2 Å². The fraction of sp³-hybridized carbons (Fsp3) is 0.379. The molecule has 0 fully saturated rings. The summed E-state index contributed by atoms with van der Waals surface area (Å²) < 4.78 is 77.4. The largest absolute Gasteiger partial charge is 0.494 e. The molecule has 0 spiro atoms. The van der Waals surface area contributed by atoms with Crippen molar-refractivity contribution in [2.75, 3.05) is 6.61 Å². The lowest BCUT2D eigenvalue weighted by Crippen LogP contribution is -2.09. The Morgan fingerprint density at radius 1 is 0.595 bits per heavy atom. The Kier molecular flexibility index (Phi) is 9.16. The van der Waals surface area contributed by atoms with Gasteiger partial charge in [-0.2, -0.15) is 0 Å². The van der Waals surface area contributed by atoms with Gasteiger partial charge in [-0.05, 0) is 47.4 Å². The number of ether oxygens (including phenoxy) is 2. The highest BCUT2D eigenvalue weighted by atomic mass is 32.5. The number of unbranched alkanes of at least 4 members (excludes halogenated alkanes) is 7.